The van der Waals surface area contributed by atoms with Crippen molar-refractivity contribution in [1.82, 2.24) is 5.32 Å². The Morgan fingerprint density at radius 2 is 1.41 bits per heavy atom. The Labute approximate surface area is 177 Å². The van der Waals surface area contributed by atoms with Gasteiger partial charge in [-0.15, -0.1) is 0 Å². The number of unbranched alkanes of at least 4 members (excludes halogenated alkanes) is 8. The molecular weight excluding hydrogens is 309 g/mol. The molecule has 1 unspecified atom stereocenters. The summed E-state index contributed by atoms with van der Waals surface area (Å²) in [5, 5.41) is 20.5. The van der Waals surface area contributed by atoms with Gasteiger partial charge in [-0.05, 0) is 13.3 Å². The molecule has 0 fully saturated rings. The van der Waals surface area contributed by atoms with Gasteiger partial charge in [0.15, 0.2) is 6.04 Å². The van der Waals surface area contributed by atoms with Crippen LogP contribution in [0.1, 0.15) is 78.1 Å². The first-order valence-corrected chi connectivity index (χ1v) is 8.19. The third-order valence-electron chi connectivity index (χ3n) is 3.57. The van der Waals surface area contributed by atoms with Gasteiger partial charge in [0.25, 0.3) is 0 Å². The molecule has 0 aromatic carbocycles. The summed E-state index contributed by atoms with van der Waals surface area (Å²) in [6.07, 6.45) is 9.77. The van der Waals surface area contributed by atoms with E-state index in [1.165, 1.54) is 45.4 Å². The third-order valence-corrected chi connectivity index (χ3v) is 3.57. The Morgan fingerprint density at radius 3 is 1.82 bits per heavy atom. The predicted molar refractivity (Wildman–Crippen MR) is 90.2 cm³/mol. The van der Waals surface area contributed by atoms with Crippen molar-refractivity contribution in [2.24, 2.45) is 0 Å². The second-order valence-corrected chi connectivity index (χ2v) is 5.70. The van der Waals surface area contributed by atoms with Crippen LogP contribution < -0.4 is 5.32 Å². The topological polar surface area (TPSA) is 86.6 Å². The minimum absolute atomic E-state index is 0. The molecule has 2 atom stereocenters. The number of hydrogen-bond acceptors (Lipinski definition) is 3. The summed E-state index contributed by atoms with van der Waals surface area (Å²) in [4.78, 5) is 22.4. The van der Waals surface area contributed by atoms with Crippen LogP contribution >= 0.6 is 0 Å². The van der Waals surface area contributed by atoms with Crippen molar-refractivity contribution in [2.45, 2.75) is 90.2 Å². The van der Waals surface area contributed by atoms with Crippen LogP contribution in [0.3, 0.4) is 0 Å². The Morgan fingerprint density at radius 1 is 0.955 bits per heavy atom. The van der Waals surface area contributed by atoms with Gasteiger partial charge in [-0.25, -0.2) is 4.79 Å². The normalized spacial score (nSPS) is 13.0. The molecular formula is C16H32KNO4. The fourth-order valence-corrected chi connectivity index (χ4v) is 2.23. The summed E-state index contributed by atoms with van der Waals surface area (Å²) in [6.45, 7) is 3.56. The number of carbonyl (C=O) groups excluding carboxylic acids is 1. The molecule has 0 aromatic heterocycles. The molecule has 22 heavy (non-hydrogen) atoms. The van der Waals surface area contributed by atoms with Crippen LogP contribution in [-0.4, -0.2) is 85.6 Å². The molecule has 5 nitrogen and oxygen atoms in total. The van der Waals surface area contributed by atoms with Crippen LogP contribution in [0, 0.1) is 0 Å². The molecule has 0 aliphatic carbocycles. The van der Waals surface area contributed by atoms with E-state index in [-0.39, 0.29) is 57.3 Å². The average molecular weight is 342 g/mol. The van der Waals surface area contributed by atoms with Gasteiger partial charge in [0.2, 0.25) is 5.91 Å². The number of aliphatic hydroxyl groups is 1. The second-order valence-electron chi connectivity index (χ2n) is 5.70. The van der Waals surface area contributed by atoms with Crippen molar-refractivity contribution in [2.75, 3.05) is 0 Å². The van der Waals surface area contributed by atoms with Crippen molar-refractivity contribution >= 4 is 63.3 Å². The second kappa shape index (κ2) is 16.4. The average Bonchev–Trinajstić information content (AvgIpc) is 2.42. The number of aliphatic carboxylic acids is 1. The van der Waals surface area contributed by atoms with E-state index < -0.39 is 18.1 Å². The van der Waals surface area contributed by atoms with Gasteiger partial charge in [0, 0.05) is 6.42 Å². The number of carboxylic acid groups (broad SMARTS) is 1. The van der Waals surface area contributed by atoms with E-state index in [1.807, 2.05) is 0 Å². The fourth-order valence-electron chi connectivity index (χ4n) is 2.23. The Balaban J connectivity index is 0. The number of aliphatic hydroxyl groups excluding tert-OH is 1. The molecule has 3 N–H and O–H groups in total. The van der Waals surface area contributed by atoms with Crippen LogP contribution in [0.4, 0.5) is 0 Å². The van der Waals surface area contributed by atoms with Crippen LogP contribution in [-0.2, 0) is 9.59 Å². The van der Waals surface area contributed by atoms with Gasteiger partial charge in [-0.3, -0.25) is 4.79 Å². The van der Waals surface area contributed by atoms with E-state index in [1.54, 1.807) is 0 Å². The van der Waals surface area contributed by atoms with Crippen LogP contribution in [0.25, 0.3) is 0 Å². The van der Waals surface area contributed by atoms with Crippen molar-refractivity contribution in [3.63, 3.8) is 0 Å². The van der Waals surface area contributed by atoms with E-state index in [0.29, 0.717) is 6.42 Å². The molecule has 0 spiro atoms. The molecule has 1 amide bonds. The van der Waals surface area contributed by atoms with Crippen molar-refractivity contribution in [3.8, 4) is 0 Å². The molecule has 6 heteroatoms. The zero-order valence-electron chi connectivity index (χ0n) is 13.4. The van der Waals surface area contributed by atoms with E-state index >= 15 is 0 Å². The number of carboxylic acids is 1. The molecule has 0 saturated carbocycles. The van der Waals surface area contributed by atoms with Crippen LogP contribution in [0.2, 0.25) is 0 Å². The van der Waals surface area contributed by atoms with Crippen molar-refractivity contribution in [3.05, 3.63) is 0 Å². The molecule has 0 radical (unpaired) electrons. The van der Waals surface area contributed by atoms with Crippen LogP contribution in [0.5, 0.6) is 0 Å². The maximum atomic E-state index is 11.6. The molecule has 126 valence electrons. The van der Waals surface area contributed by atoms with E-state index in [2.05, 4.69) is 12.2 Å². The summed E-state index contributed by atoms with van der Waals surface area (Å²) < 4.78 is 0. The zero-order chi connectivity index (χ0) is 16.1. The quantitative estimate of drug-likeness (QED) is 0.354. The molecule has 0 saturated heterocycles. The molecule has 0 rings (SSSR count). The predicted octanol–water partition coefficient (Wildman–Crippen LogP) is 2.21. The Bertz CT molecular complexity index is 298. The monoisotopic (exact) mass is 341 g/mol. The van der Waals surface area contributed by atoms with Gasteiger partial charge >= 0.3 is 57.4 Å². The first-order valence-electron chi connectivity index (χ1n) is 8.19. The summed E-state index contributed by atoms with van der Waals surface area (Å²) in [5.41, 5.74) is 0. The van der Waals surface area contributed by atoms with Gasteiger partial charge < -0.3 is 15.5 Å². The molecule has 0 bridgehead atoms. The Hall–Kier alpha value is 0.536. The van der Waals surface area contributed by atoms with Crippen molar-refractivity contribution in [1.29, 1.82) is 0 Å². The maximum absolute atomic E-state index is 11.6. The van der Waals surface area contributed by atoms with Gasteiger partial charge in [-0.2, -0.15) is 0 Å². The number of nitrogens with one attached hydrogen (secondary N) is 1. The first-order chi connectivity index (χ1) is 9.99. The Kier molecular flexibility index (Phi) is 18.5. The summed E-state index contributed by atoms with van der Waals surface area (Å²) >= 11 is 0. The van der Waals surface area contributed by atoms with E-state index in [0.717, 1.165) is 19.3 Å². The van der Waals surface area contributed by atoms with E-state index in [9.17, 15) is 14.7 Å². The zero-order valence-corrected chi connectivity index (χ0v) is 13.4. The van der Waals surface area contributed by atoms with Gasteiger partial charge in [0.1, 0.15) is 0 Å². The van der Waals surface area contributed by atoms with Crippen molar-refractivity contribution < 1.29 is 19.8 Å². The fraction of sp³-hybridized carbons (Fsp3) is 0.875. The summed E-state index contributed by atoms with van der Waals surface area (Å²) in [5.74, 6) is -1.50. The molecule has 0 aromatic rings. The number of carbonyl (C=O) groups is 2. The first kappa shape index (κ1) is 24.8. The number of rotatable bonds is 13. The van der Waals surface area contributed by atoms with Gasteiger partial charge in [0.05, 0.1) is 6.10 Å². The van der Waals surface area contributed by atoms with E-state index in [4.69, 9.17) is 5.11 Å². The van der Waals surface area contributed by atoms with Gasteiger partial charge in [-0.1, -0.05) is 58.3 Å². The third kappa shape index (κ3) is 14.1. The molecule has 0 aliphatic rings. The minimum atomic E-state index is -1.21. The summed E-state index contributed by atoms with van der Waals surface area (Å²) in [7, 11) is 0. The standard InChI is InChI=1S/C16H31NO4.K.H/c1-3-4-5-6-7-8-9-10-11-12-14(19)17-15(13(2)18)16(20)21;;/h13,15,18H,3-12H2,1-2H3,(H,17,19)(H,20,21);;/t13?,15-;;/m0../s1. The molecule has 0 aliphatic heterocycles. The summed E-state index contributed by atoms with van der Waals surface area (Å²) in [6, 6.07) is -1.21. The van der Waals surface area contributed by atoms with Crippen LogP contribution in [0.15, 0.2) is 0 Å². The number of hydrogen-bond donors (Lipinski definition) is 3. The SMILES string of the molecule is CCCCCCCCCCCC(=O)N[C@H](C(=O)O)C(C)O.[KH]. The molecule has 0 heterocycles. The number of amides is 1.